The molecule has 1 aliphatic rings. The van der Waals surface area contributed by atoms with Gasteiger partial charge in [0.2, 0.25) is 0 Å². The minimum atomic E-state index is 0.466. The molecule has 0 radical (unpaired) electrons. The number of rotatable bonds is 4. The zero-order chi connectivity index (χ0) is 14.9. The fraction of sp³-hybridized carbons (Fsp3) is 0.500. The molecule has 2 heterocycles. The highest BCUT2D eigenvalue weighted by molar-refractivity contribution is 6.18. The van der Waals surface area contributed by atoms with Crippen molar-refractivity contribution in [2.45, 2.75) is 39.0 Å². The molecule has 3 heteroatoms. The second-order valence-corrected chi connectivity index (χ2v) is 6.43. The van der Waals surface area contributed by atoms with Crippen molar-refractivity contribution in [1.29, 1.82) is 0 Å². The molecular weight excluding hydrogens is 280 g/mol. The first-order chi connectivity index (χ1) is 10.2. The molecule has 2 aromatic rings. The van der Waals surface area contributed by atoms with E-state index in [2.05, 4.69) is 43.0 Å². The summed E-state index contributed by atoms with van der Waals surface area (Å²) in [5.41, 5.74) is 1.58. The van der Waals surface area contributed by atoms with E-state index in [9.17, 15) is 0 Å². The van der Waals surface area contributed by atoms with Crippen LogP contribution in [0.25, 0.3) is 10.8 Å². The molecule has 0 unspecified atom stereocenters. The van der Waals surface area contributed by atoms with Gasteiger partial charge in [-0.2, -0.15) is 0 Å². The van der Waals surface area contributed by atoms with Gasteiger partial charge >= 0.3 is 0 Å². The zero-order valence-electron chi connectivity index (χ0n) is 12.9. The molecule has 1 aromatic heterocycles. The van der Waals surface area contributed by atoms with E-state index in [4.69, 9.17) is 16.6 Å². The predicted molar refractivity (Wildman–Crippen MR) is 91.1 cm³/mol. The second-order valence-electron chi connectivity index (χ2n) is 6.16. The number of benzene rings is 1. The Morgan fingerprint density at radius 1 is 1.19 bits per heavy atom. The van der Waals surface area contributed by atoms with Crippen molar-refractivity contribution in [1.82, 2.24) is 4.98 Å². The molecule has 112 valence electrons. The Bertz CT molecular complexity index is 634. The maximum Gasteiger partial charge on any atom is 0.136 e. The Morgan fingerprint density at radius 3 is 2.52 bits per heavy atom. The van der Waals surface area contributed by atoms with Crippen LogP contribution in [0, 0.1) is 5.41 Å². The van der Waals surface area contributed by atoms with E-state index in [1.54, 1.807) is 0 Å². The van der Waals surface area contributed by atoms with Gasteiger partial charge in [-0.05, 0) is 35.6 Å². The maximum atomic E-state index is 6.05. The number of fused-ring (bicyclic) bond motifs is 1. The minimum Gasteiger partial charge on any atom is -0.356 e. The topological polar surface area (TPSA) is 16.1 Å². The molecule has 0 bridgehead atoms. The van der Waals surface area contributed by atoms with Crippen LogP contribution in [0.4, 0.5) is 5.82 Å². The SMILES string of the molecule is CCC1(CC)CCN(c2ncc(CCl)c3ccccc23)C1. The Labute approximate surface area is 132 Å². The van der Waals surface area contributed by atoms with Crippen molar-refractivity contribution < 1.29 is 0 Å². The fourth-order valence-corrected chi connectivity index (χ4v) is 3.75. The summed E-state index contributed by atoms with van der Waals surface area (Å²) >= 11 is 6.05. The van der Waals surface area contributed by atoms with E-state index in [0.717, 1.165) is 24.5 Å². The van der Waals surface area contributed by atoms with Crippen LogP contribution in [-0.4, -0.2) is 18.1 Å². The average molecular weight is 303 g/mol. The highest BCUT2D eigenvalue weighted by Crippen LogP contribution is 2.40. The first-order valence-electron chi connectivity index (χ1n) is 7.90. The lowest BCUT2D eigenvalue weighted by Gasteiger charge is -2.27. The zero-order valence-corrected chi connectivity index (χ0v) is 13.7. The van der Waals surface area contributed by atoms with Gasteiger partial charge in [-0.3, -0.25) is 0 Å². The predicted octanol–water partition coefficient (Wildman–Crippen LogP) is 4.99. The van der Waals surface area contributed by atoms with E-state index in [1.807, 2.05) is 6.20 Å². The van der Waals surface area contributed by atoms with Crippen LogP contribution in [-0.2, 0) is 5.88 Å². The maximum absolute atomic E-state index is 6.05. The minimum absolute atomic E-state index is 0.466. The smallest absolute Gasteiger partial charge is 0.136 e. The summed E-state index contributed by atoms with van der Waals surface area (Å²) in [5, 5.41) is 2.47. The number of pyridine rings is 1. The monoisotopic (exact) mass is 302 g/mol. The van der Waals surface area contributed by atoms with Gasteiger partial charge in [0, 0.05) is 30.6 Å². The summed E-state index contributed by atoms with van der Waals surface area (Å²) in [6.45, 7) is 6.86. The number of alkyl halides is 1. The van der Waals surface area contributed by atoms with Crippen molar-refractivity contribution in [3.63, 3.8) is 0 Å². The summed E-state index contributed by atoms with van der Waals surface area (Å²) in [5.74, 6) is 1.64. The van der Waals surface area contributed by atoms with Crippen LogP contribution >= 0.6 is 11.6 Å². The van der Waals surface area contributed by atoms with Gasteiger partial charge in [0.25, 0.3) is 0 Å². The van der Waals surface area contributed by atoms with Crippen LogP contribution in [0.1, 0.15) is 38.7 Å². The van der Waals surface area contributed by atoms with Crippen LogP contribution in [0.2, 0.25) is 0 Å². The number of hydrogen-bond acceptors (Lipinski definition) is 2. The van der Waals surface area contributed by atoms with Crippen LogP contribution in [0.5, 0.6) is 0 Å². The van der Waals surface area contributed by atoms with Gasteiger partial charge in [0.05, 0.1) is 0 Å². The van der Waals surface area contributed by atoms with Crippen molar-refractivity contribution in [3.05, 3.63) is 36.0 Å². The average Bonchev–Trinajstić information content (AvgIpc) is 2.99. The summed E-state index contributed by atoms with van der Waals surface area (Å²) in [4.78, 5) is 7.20. The van der Waals surface area contributed by atoms with Crippen molar-refractivity contribution in [3.8, 4) is 0 Å². The highest BCUT2D eigenvalue weighted by Gasteiger charge is 2.35. The second kappa shape index (κ2) is 5.84. The standard InChI is InChI=1S/C18H23ClN2/c1-3-18(4-2)9-10-21(13-18)17-16-8-6-5-7-15(16)14(11-19)12-20-17/h5-8,12H,3-4,9-11,13H2,1-2H3. The van der Waals surface area contributed by atoms with Gasteiger partial charge in [-0.25, -0.2) is 4.98 Å². The molecule has 1 aromatic carbocycles. The number of nitrogens with zero attached hydrogens (tertiary/aromatic N) is 2. The van der Waals surface area contributed by atoms with Gasteiger partial charge in [-0.15, -0.1) is 11.6 Å². The quantitative estimate of drug-likeness (QED) is 0.740. The molecule has 1 aliphatic heterocycles. The molecule has 0 amide bonds. The van der Waals surface area contributed by atoms with Crippen LogP contribution in [0.15, 0.2) is 30.5 Å². The molecule has 0 spiro atoms. The Hall–Kier alpha value is -1.28. The molecule has 0 aliphatic carbocycles. The highest BCUT2D eigenvalue weighted by atomic mass is 35.5. The van der Waals surface area contributed by atoms with Crippen molar-refractivity contribution in [2.24, 2.45) is 5.41 Å². The fourth-order valence-electron chi connectivity index (χ4n) is 3.54. The number of aromatic nitrogens is 1. The first-order valence-corrected chi connectivity index (χ1v) is 8.44. The molecule has 2 nitrogen and oxygen atoms in total. The third-order valence-electron chi connectivity index (χ3n) is 5.24. The Kier molecular flexibility index (Phi) is 4.08. The number of anilines is 1. The molecule has 21 heavy (non-hydrogen) atoms. The molecule has 3 rings (SSSR count). The summed E-state index contributed by atoms with van der Waals surface area (Å²) < 4.78 is 0. The third kappa shape index (κ3) is 2.50. The van der Waals surface area contributed by atoms with E-state index >= 15 is 0 Å². The molecule has 0 saturated carbocycles. The normalized spacial score (nSPS) is 17.6. The molecule has 0 N–H and O–H groups in total. The Balaban J connectivity index is 2.03. The molecule has 1 fully saturated rings. The van der Waals surface area contributed by atoms with Gasteiger partial charge in [0.1, 0.15) is 5.82 Å². The summed E-state index contributed by atoms with van der Waals surface area (Å²) in [6, 6.07) is 8.50. The van der Waals surface area contributed by atoms with Crippen LogP contribution < -0.4 is 4.90 Å². The van der Waals surface area contributed by atoms with Crippen molar-refractivity contribution in [2.75, 3.05) is 18.0 Å². The van der Waals surface area contributed by atoms with Crippen LogP contribution in [0.3, 0.4) is 0 Å². The molecular formula is C18H23ClN2. The van der Waals surface area contributed by atoms with E-state index < -0.39 is 0 Å². The van der Waals surface area contributed by atoms with E-state index in [0.29, 0.717) is 11.3 Å². The Morgan fingerprint density at radius 2 is 1.90 bits per heavy atom. The largest absolute Gasteiger partial charge is 0.356 e. The lowest BCUT2D eigenvalue weighted by atomic mass is 9.82. The number of hydrogen-bond donors (Lipinski definition) is 0. The number of halogens is 1. The lowest BCUT2D eigenvalue weighted by Crippen LogP contribution is -2.26. The summed E-state index contributed by atoms with van der Waals surface area (Å²) in [6.07, 6.45) is 5.71. The molecule has 1 saturated heterocycles. The van der Waals surface area contributed by atoms with E-state index in [1.165, 1.54) is 30.0 Å². The van der Waals surface area contributed by atoms with E-state index in [-0.39, 0.29) is 0 Å². The third-order valence-corrected chi connectivity index (χ3v) is 5.53. The van der Waals surface area contributed by atoms with Gasteiger partial charge in [0.15, 0.2) is 0 Å². The first kappa shape index (κ1) is 14.6. The molecule has 0 atom stereocenters. The van der Waals surface area contributed by atoms with Gasteiger partial charge in [-0.1, -0.05) is 38.1 Å². The summed E-state index contributed by atoms with van der Waals surface area (Å²) in [7, 11) is 0. The van der Waals surface area contributed by atoms with Gasteiger partial charge < -0.3 is 4.90 Å². The van der Waals surface area contributed by atoms with Crippen molar-refractivity contribution >= 4 is 28.2 Å². The lowest BCUT2D eigenvalue weighted by molar-refractivity contribution is 0.301.